The van der Waals surface area contributed by atoms with Crippen molar-refractivity contribution in [1.29, 1.82) is 5.26 Å². The quantitative estimate of drug-likeness (QED) is 0.725. The Morgan fingerprint density at radius 3 is 2.38 bits per heavy atom. The van der Waals surface area contributed by atoms with E-state index in [-0.39, 0.29) is 17.0 Å². The second-order valence-electron chi connectivity index (χ2n) is 4.27. The summed E-state index contributed by atoms with van der Waals surface area (Å²) < 4.78 is 28.3. The molecular weight excluding hydrogens is 274 g/mol. The van der Waals surface area contributed by atoms with Crippen molar-refractivity contribution in [2.24, 2.45) is 0 Å². The maximum absolute atomic E-state index is 14.0. The molecule has 102 valence electrons. The van der Waals surface area contributed by atoms with Crippen LogP contribution in [0.2, 0.25) is 0 Å². The zero-order chi connectivity index (χ0) is 14.8. The predicted octanol–water partition coefficient (Wildman–Crippen LogP) is 3.08. The van der Waals surface area contributed by atoms with Crippen molar-refractivity contribution < 1.29 is 8.78 Å². The number of hydrogen-bond acceptors (Lipinski definition) is 3. The first-order chi connectivity index (χ1) is 10.2. The molecule has 1 aromatic heterocycles. The minimum Gasteiger partial charge on any atom is -0.211 e. The molecule has 0 aliphatic rings. The fourth-order valence-corrected chi connectivity index (χ4v) is 2.02. The van der Waals surface area contributed by atoms with Gasteiger partial charge in [-0.25, -0.2) is 13.5 Å². The van der Waals surface area contributed by atoms with Crippen molar-refractivity contribution in [1.82, 2.24) is 15.0 Å². The van der Waals surface area contributed by atoms with Crippen LogP contribution < -0.4 is 0 Å². The Kier molecular flexibility index (Phi) is 3.16. The van der Waals surface area contributed by atoms with Crippen LogP contribution in [0.1, 0.15) is 5.69 Å². The fourth-order valence-electron chi connectivity index (χ4n) is 2.02. The first-order valence-corrected chi connectivity index (χ1v) is 6.07. The van der Waals surface area contributed by atoms with Crippen LogP contribution >= 0.6 is 0 Å². The average molecular weight is 282 g/mol. The van der Waals surface area contributed by atoms with Crippen LogP contribution in [-0.4, -0.2) is 15.0 Å². The summed E-state index contributed by atoms with van der Waals surface area (Å²) in [6.45, 7) is 0. The molecule has 6 heteroatoms. The SMILES string of the molecule is N#Cc1nnn(-c2ccc(F)cc2)c1-c1ccccc1F. The Labute approximate surface area is 118 Å². The van der Waals surface area contributed by atoms with Crippen molar-refractivity contribution in [3.05, 3.63) is 65.9 Å². The highest BCUT2D eigenvalue weighted by Crippen LogP contribution is 2.27. The number of nitriles is 1. The molecule has 2 aromatic carbocycles. The summed E-state index contributed by atoms with van der Waals surface area (Å²) in [4.78, 5) is 0. The predicted molar refractivity (Wildman–Crippen MR) is 71.4 cm³/mol. The molecule has 1 heterocycles. The third kappa shape index (κ3) is 2.25. The Morgan fingerprint density at radius 1 is 1.00 bits per heavy atom. The highest BCUT2D eigenvalue weighted by atomic mass is 19.1. The van der Waals surface area contributed by atoms with Crippen LogP contribution in [0.5, 0.6) is 0 Å². The lowest BCUT2D eigenvalue weighted by atomic mass is 10.1. The lowest BCUT2D eigenvalue weighted by Gasteiger charge is -2.07. The highest BCUT2D eigenvalue weighted by molar-refractivity contribution is 5.67. The van der Waals surface area contributed by atoms with E-state index in [9.17, 15) is 8.78 Å². The van der Waals surface area contributed by atoms with Crippen LogP contribution in [0.4, 0.5) is 8.78 Å². The summed E-state index contributed by atoms with van der Waals surface area (Å²) >= 11 is 0. The molecule has 21 heavy (non-hydrogen) atoms. The zero-order valence-corrected chi connectivity index (χ0v) is 10.7. The summed E-state index contributed by atoms with van der Waals surface area (Å²) in [6.07, 6.45) is 0. The number of hydrogen-bond donors (Lipinski definition) is 0. The fraction of sp³-hybridized carbons (Fsp3) is 0. The molecule has 4 nitrogen and oxygen atoms in total. The van der Waals surface area contributed by atoms with E-state index in [1.165, 1.54) is 41.1 Å². The highest BCUT2D eigenvalue weighted by Gasteiger charge is 2.18. The average Bonchev–Trinajstić information content (AvgIpc) is 2.92. The molecule has 0 unspecified atom stereocenters. The topological polar surface area (TPSA) is 54.5 Å². The van der Waals surface area contributed by atoms with Crippen LogP contribution in [0.25, 0.3) is 16.9 Å². The van der Waals surface area contributed by atoms with Gasteiger partial charge in [0.05, 0.1) is 5.69 Å². The van der Waals surface area contributed by atoms with E-state index >= 15 is 0 Å². The molecule has 0 spiro atoms. The maximum atomic E-state index is 14.0. The maximum Gasteiger partial charge on any atom is 0.191 e. The van der Waals surface area contributed by atoms with Gasteiger partial charge in [0.15, 0.2) is 5.69 Å². The van der Waals surface area contributed by atoms with Crippen LogP contribution in [-0.2, 0) is 0 Å². The minimum absolute atomic E-state index is 0.00410. The number of rotatable bonds is 2. The Bertz CT molecular complexity index is 832. The molecule has 3 rings (SSSR count). The van der Waals surface area contributed by atoms with E-state index in [4.69, 9.17) is 5.26 Å². The van der Waals surface area contributed by atoms with Gasteiger partial charge in [-0.3, -0.25) is 0 Å². The second-order valence-corrected chi connectivity index (χ2v) is 4.27. The second kappa shape index (κ2) is 5.13. The van der Waals surface area contributed by atoms with E-state index in [2.05, 4.69) is 10.3 Å². The van der Waals surface area contributed by atoms with Crippen molar-refractivity contribution in [2.75, 3.05) is 0 Å². The molecule has 0 bridgehead atoms. The van der Waals surface area contributed by atoms with E-state index in [0.717, 1.165) is 0 Å². The van der Waals surface area contributed by atoms with Gasteiger partial charge in [0.1, 0.15) is 23.4 Å². The largest absolute Gasteiger partial charge is 0.211 e. The summed E-state index contributed by atoms with van der Waals surface area (Å²) in [5.74, 6) is -0.883. The third-order valence-electron chi connectivity index (χ3n) is 2.98. The summed E-state index contributed by atoms with van der Waals surface area (Å²) in [6, 6.07) is 13.4. The van der Waals surface area contributed by atoms with Crippen LogP contribution in [0.3, 0.4) is 0 Å². The summed E-state index contributed by atoms with van der Waals surface area (Å²) in [5, 5.41) is 16.7. The number of aromatic nitrogens is 3. The molecular formula is C15H8F2N4. The Hall–Kier alpha value is -3.07. The Morgan fingerprint density at radius 2 is 1.71 bits per heavy atom. The van der Waals surface area contributed by atoms with Gasteiger partial charge in [0.2, 0.25) is 0 Å². The number of benzene rings is 2. The zero-order valence-electron chi connectivity index (χ0n) is 10.7. The smallest absolute Gasteiger partial charge is 0.191 e. The van der Waals surface area contributed by atoms with Gasteiger partial charge in [0, 0.05) is 5.56 Å². The van der Waals surface area contributed by atoms with Gasteiger partial charge in [-0.15, -0.1) is 5.10 Å². The molecule has 3 aromatic rings. The first kappa shape index (κ1) is 12.9. The van der Waals surface area contributed by atoms with Crippen molar-refractivity contribution in [2.45, 2.75) is 0 Å². The van der Waals surface area contributed by atoms with Gasteiger partial charge in [0.25, 0.3) is 0 Å². The molecule has 0 amide bonds. The lowest BCUT2D eigenvalue weighted by molar-refractivity contribution is 0.625. The van der Waals surface area contributed by atoms with E-state index in [0.29, 0.717) is 5.69 Å². The van der Waals surface area contributed by atoms with Gasteiger partial charge in [-0.2, -0.15) is 5.26 Å². The van der Waals surface area contributed by atoms with Crippen LogP contribution in [0, 0.1) is 23.0 Å². The van der Waals surface area contributed by atoms with Crippen molar-refractivity contribution in [3.63, 3.8) is 0 Å². The molecule has 0 atom stereocenters. The molecule has 0 radical (unpaired) electrons. The third-order valence-corrected chi connectivity index (χ3v) is 2.98. The number of halogens is 2. The van der Waals surface area contributed by atoms with E-state index in [1.807, 2.05) is 6.07 Å². The number of nitrogens with zero attached hydrogens (tertiary/aromatic N) is 4. The van der Waals surface area contributed by atoms with Gasteiger partial charge in [-0.1, -0.05) is 17.3 Å². The van der Waals surface area contributed by atoms with Crippen molar-refractivity contribution in [3.8, 4) is 23.0 Å². The Balaban J connectivity index is 2.25. The standard InChI is InChI=1S/C15H8F2N4/c16-10-5-7-11(8-6-10)21-15(14(9-18)19-20-21)12-3-1-2-4-13(12)17/h1-8H. The minimum atomic E-state index is -0.486. The molecule has 0 aliphatic heterocycles. The van der Waals surface area contributed by atoms with E-state index in [1.54, 1.807) is 12.1 Å². The molecule has 0 N–H and O–H groups in total. The van der Waals surface area contributed by atoms with Gasteiger partial charge in [-0.05, 0) is 36.4 Å². The normalized spacial score (nSPS) is 10.3. The molecule has 0 saturated carbocycles. The van der Waals surface area contributed by atoms with Crippen LogP contribution in [0.15, 0.2) is 48.5 Å². The van der Waals surface area contributed by atoms with Gasteiger partial charge < -0.3 is 0 Å². The summed E-state index contributed by atoms with van der Waals surface area (Å²) in [7, 11) is 0. The first-order valence-electron chi connectivity index (χ1n) is 6.07. The molecule has 0 aliphatic carbocycles. The van der Waals surface area contributed by atoms with E-state index < -0.39 is 11.6 Å². The molecule has 0 saturated heterocycles. The lowest BCUT2D eigenvalue weighted by Crippen LogP contribution is -2.01. The monoisotopic (exact) mass is 282 g/mol. The van der Waals surface area contributed by atoms with Crippen molar-refractivity contribution >= 4 is 0 Å². The summed E-state index contributed by atoms with van der Waals surface area (Å²) in [5.41, 5.74) is 0.943. The van der Waals surface area contributed by atoms with Gasteiger partial charge >= 0.3 is 0 Å². The molecule has 0 fully saturated rings.